The molecule has 0 atom stereocenters. The number of nitrogens with one attached hydrogen (secondary N) is 2. The Balaban J connectivity index is 1.42. The Hall–Kier alpha value is -3.78. The van der Waals surface area contributed by atoms with Crippen LogP contribution in [0, 0.1) is 45.1 Å². The smallest absolute Gasteiger partial charge is 0.230 e. The highest BCUT2D eigenvalue weighted by atomic mass is 19.1. The van der Waals surface area contributed by atoms with E-state index in [1.165, 1.54) is 24.3 Å². The normalized spacial score (nSPS) is 23.6. The summed E-state index contributed by atoms with van der Waals surface area (Å²) in [5.74, 6) is -1.79. The summed E-state index contributed by atoms with van der Waals surface area (Å²) < 4.78 is 27.7. The number of carbonyl (C=O) groups excluding carboxylic acids is 2. The van der Waals surface area contributed by atoms with Gasteiger partial charge in [0.25, 0.3) is 0 Å². The predicted octanol–water partition coefficient (Wildman–Crippen LogP) is 4.63. The number of carbonyl (C=O) groups is 2. The van der Waals surface area contributed by atoms with E-state index in [0.717, 1.165) is 12.1 Å². The van der Waals surface area contributed by atoms with Crippen molar-refractivity contribution in [3.63, 3.8) is 0 Å². The minimum atomic E-state index is -0.690. The van der Waals surface area contributed by atoms with Crippen molar-refractivity contribution >= 4 is 23.2 Å². The molecule has 162 valence electrons. The van der Waals surface area contributed by atoms with Gasteiger partial charge in [0.05, 0.1) is 11.1 Å². The average Bonchev–Trinajstić information content (AvgIpc) is 2.80. The first-order valence-corrected chi connectivity index (χ1v) is 10.3. The molecular weight excluding hydrogens is 414 g/mol. The van der Waals surface area contributed by atoms with E-state index >= 15 is 0 Å². The summed E-state index contributed by atoms with van der Waals surface area (Å²) in [6.07, 6.45) is 3.12. The Morgan fingerprint density at radius 2 is 1.06 bits per heavy atom. The van der Waals surface area contributed by atoms with Gasteiger partial charge in [0.1, 0.15) is 23.8 Å². The maximum atomic E-state index is 13.9. The third-order valence-electron chi connectivity index (χ3n) is 6.90. The molecule has 32 heavy (non-hydrogen) atoms. The highest BCUT2D eigenvalue weighted by Crippen LogP contribution is 2.57. The molecule has 2 aromatic carbocycles. The van der Waals surface area contributed by atoms with E-state index in [9.17, 15) is 18.4 Å². The fourth-order valence-corrected chi connectivity index (χ4v) is 4.76. The summed E-state index contributed by atoms with van der Waals surface area (Å²) in [4.78, 5) is 26.0. The van der Waals surface area contributed by atoms with Crippen LogP contribution in [0.4, 0.5) is 20.2 Å². The first-order chi connectivity index (χ1) is 15.3. The summed E-state index contributed by atoms with van der Waals surface area (Å²) >= 11 is 0. The SMILES string of the molecule is N#Cc1ccc(NC(=O)C23CCC(C(=O)Nc4ccc(C#N)c(F)c4)(CC2)CC3)cc1F. The van der Waals surface area contributed by atoms with Gasteiger partial charge in [-0.15, -0.1) is 0 Å². The zero-order valence-electron chi connectivity index (χ0n) is 17.2. The van der Waals surface area contributed by atoms with E-state index in [1.807, 2.05) is 0 Å². The van der Waals surface area contributed by atoms with Gasteiger partial charge in [-0.1, -0.05) is 0 Å². The van der Waals surface area contributed by atoms with Crippen LogP contribution in [-0.4, -0.2) is 11.8 Å². The lowest BCUT2D eigenvalue weighted by Crippen LogP contribution is -2.52. The number of nitriles is 2. The number of halogens is 2. The lowest BCUT2D eigenvalue weighted by Gasteiger charge is -2.51. The van der Waals surface area contributed by atoms with Crippen molar-refractivity contribution in [1.82, 2.24) is 0 Å². The minimum Gasteiger partial charge on any atom is -0.326 e. The first kappa shape index (κ1) is 21.5. The number of fused-ring (bicyclic) bond motifs is 3. The molecule has 3 saturated carbocycles. The molecular formula is C24H20F2N4O2. The minimum absolute atomic E-state index is 0.0885. The second-order valence-electron chi connectivity index (χ2n) is 8.58. The maximum Gasteiger partial charge on any atom is 0.230 e. The van der Waals surface area contributed by atoms with Gasteiger partial charge < -0.3 is 10.6 Å². The number of rotatable bonds is 4. The molecule has 2 N–H and O–H groups in total. The third kappa shape index (κ3) is 3.69. The van der Waals surface area contributed by atoms with Crippen molar-refractivity contribution in [2.24, 2.45) is 10.8 Å². The van der Waals surface area contributed by atoms with Crippen LogP contribution in [0.2, 0.25) is 0 Å². The molecule has 3 aliphatic rings. The Morgan fingerprint density at radius 3 is 1.34 bits per heavy atom. The number of benzene rings is 2. The Bertz CT molecular complexity index is 1080. The third-order valence-corrected chi connectivity index (χ3v) is 6.90. The molecule has 0 heterocycles. The molecule has 0 radical (unpaired) electrons. The van der Waals surface area contributed by atoms with Gasteiger partial charge >= 0.3 is 0 Å². The standard InChI is InChI=1S/C24H20F2N4O2/c25-19-11-17(3-1-15(19)13-27)29-21(31)23-5-8-24(9-6-23,10-7-23)22(32)30-18-4-2-16(14-28)20(26)12-18/h1-4,11-12H,5-10H2,(H,29,31)(H,30,32). The molecule has 0 unspecified atom stereocenters. The number of nitrogens with zero attached hydrogens (tertiary/aromatic N) is 2. The first-order valence-electron chi connectivity index (χ1n) is 10.3. The van der Waals surface area contributed by atoms with Crippen LogP contribution in [0.1, 0.15) is 49.7 Å². The summed E-state index contributed by atoms with van der Waals surface area (Å²) in [5, 5.41) is 23.2. The highest BCUT2D eigenvalue weighted by molar-refractivity contribution is 5.98. The molecule has 2 aromatic rings. The summed E-state index contributed by atoms with van der Waals surface area (Å²) in [6.45, 7) is 0. The molecule has 3 fully saturated rings. The number of hydrogen-bond donors (Lipinski definition) is 2. The lowest BCUT2D eigenvalue weighted by atomic mass is 9.53. The molecule has 6 nitrogen and oxygen atoms in total. The van der Waals surface area contributed by atoms with E-state index in [-0.39, 0.29) is 22.9 Å². The Kier molecular flexibility index (Phi) is 5.40. The van der Waals surface area contributed by atoms with Crippen molar-refractivity contribution in [1.29, 1.82) is 10.5 Å². The molecule has 8 heteroatoms. The van der Waals surface area contributed by atoms with Crippen LogP contribution in [0.5, 0.6) is 0 Å². The molecule has 0 aromatic heterocycles. The van der Waals surface area contributed by atoms with E-state index in [1.54, 1.807) is 12.1 Å². The van der Waals surface area contributed by atoms with Gasteiger partial charge in [-0.2, -0.15) is 10.5 Å². The van der Waals surface area contributed by atoms with E-state index in [4.69, 9.17) is 10.5 Å². The number of hydrogen-bond acceptors (Lipinski definition) is 4. The van der Waals surface area contributed by atoms with Crippen LogP contribution in [0.25, 0.3) is 0 Å². The van der Waals surface area contributed by atoms with Gasteiger partial charge in [-0.05, 0) is 74.9 Å². The molecule has 0 spiro atoms. The lowest BCUT2D eigenvalue weighted by molar-refractivity contribution is -0.144. The molecule has 5 rings (SSSR count). The van der Waals surface area contributed by atoms with Gasteiger partial charge in [0.2, 0.25) is 11.8 Å². The second kappa shape index (κ2) is 8.05. The summed E-state index contributed by atoms with van der Waals surface area (Å²) in [7, 11) is 0. The second-order valence-corrected chi connectivity index (χ2v) is 8.58. The van der Waals surface area contributed by atoms with Crippen molar-refractivity contribution in [2.45, 2.75) is 38.5 Å². The zero-order chi connectivity index (χ0) is 22.9. The highest BCUT2D eigenvalue weighted by Gasteiger charge is 2.55. The van der Waals surface area contributed by atoms with Crippen LogP contribution in [0.15, 0.2) is 36.4 Å². The van der Waals surface area contributed by atoms with Crippen LogP contribution >= 0.6 is 0 Å². The fraction of sp³-hybridized carbons (Fsp3) is 0.333. The number of anilines is 2. The van der Waals surface area contributed by atoms with Gasteiger partial charge in [-0.3, -0.25) is 9.59 Å². The average molecular weight is 434 g/mol. The maximum absolute atomic E-state index is 13.9. The van der Waals surface area contributed by atoms with Crippen molar-refractivity contribution in [3.05, 3.63) is 59.2 Å². The van der Waals surface area contributed by atoms with Gasteiger partial charge in [0.15, 0.2) is 0 Å². The quantitative estimate of drug-likeness (QED) is 0.732. The zero-order valence-corrected chi connectivity index (χ0v) is 17.2. The Morgan fingerprint density at radius 1 is 0.719 bits per heavy atom. The van der Waals surface area contributed by atoms with Crippen molar-refractivity contribution in [3.8, 4) is 12.1 Å². The largest absolute Gasteiger partial charge is 0.326 e. The molecule has 2 bridgehead atoms. The number of amides is 2. The molecule has 2 amide bonds. The topological polar surface area (TPSA) is 106 Å². The van der Waals surface area contributed by atoms with E-state index in [2.05, 4.69) is 10.6 Å². The van der Waals surface area contributed by atoms with E-state index in [0.29, 0.717) is 49.9 Å². The summed E-state index contributed by atoms with van der Waals surface area (Å²) in [6, 6.07) is 11.4. The predicted molar refractivity (Wildman–Crippen MR) is 112 cm³/mol. The van der Waals surface area contributed by atoms with Crippen LogP contribution < -0.4 is 10.6 Å². The van der Waals surface area contributed by atoms with Crippen LogP contribution in [-0.2, 0) is 9.59 Å². The monoisotopic (exact) mass is 434 g/mol. The van der Waals surface area contributed by atoms with Crippen LogP contribution in [0.3, 0.4) is 0 Å². The molecule has 3 aliphatic carbocycles. The van der Waals surface area contributed by atoms with E-state index < -0.39 is 22.5 Å². The molecule has 0 saturated heterocycles. The van der Waals surface area contributed by atoms with Gasteiger partial charge in [-0.25, -0.2) is 8.78 Å². The fourth-order valence-electron chi connectivity index (χ4n) is 4.76. The van der Waals surface area contributed by atoms with Crippen molar-refractivity contribution in [2.75, 3.05) is 10.6 Å². The van der Waals surface area contributed by atoms with Crippen molar-refractivity contribution < 1.29 is 18.4 Å². The molecule has 0 aliphatic heterocycles. The summed E-state index contributed by atoms with van der Waals surface area (Å²) in [5.41, 5.74) is -0.823. The van der Waals surface area contributed by atoms with Gasteiger partial charge in [0, 0.05) is 22.2 Å². The Labute approximate surface area is 183 Å².